The molecule has 0 unspecified atom stereocenters. The van der Waals surface area contributed by atoms with Gasteiger partial charge in [0.2, 0.25) is 0 Å². The molecular weight excluding hydrogens is 180 g/mol. The molecule has 0 fully saturated rings. The van der Waals surface area contributed by atoms with Gasteiger partial charge in [-0.1, -0.05) is 18.2 Å². The maximum absolute atomic E-state index is 11.5. The van der Waals surface area contributed by atoms with Crippen molar-refractivity contribution in [3.05, 3.63) is 40.9 Å². The monoisotopic (exact) mass is 186 g/mol. The van der Waals surface area contributed by atoms with E-state index in [1.54, 1.807) is 0 Å². The molecule has 1 N–H and O–H groups in total. The van der Waals surface area contributed by atoms with E-state index in [0.717, 1.165) is 10.9 Å². The Morgan fingerprint density at radius 1 is 1.29 bits per heavy atom. The lowest BCUT2D eigenvalue weighted by Gasteiger charge is -1.88. The molecule has 14 heavy (non-hydrogen) atoms. The average molecular weight is 186 g/mol. The molecular formula is C9H6N4O. The summed E-state index contributed by atoms with van der Waals surface area (Å²) in [7, 11) is 0. The Morgan fingerprint density at radius 3 is 3.07 bits per heavy atom. The van der Waals surface area contributed by atoms with E-state index in [9.17, 15) is 4.79 Å². The largest absolute Gasteiger partial charge is 0.290 e. The standard InChI is InChI=1S/C9H6N4O/c14-9-8-6-3-1-2-4-7(6)12-13(8)5-10-11-9/h1-5H,(H,11,14). The first-order valence-corrected chi connectivity index (χ1v) is 4.17. The normalized spacial score (nSPS) is 11.1. The molecule has 3 aromatic rings. The number of hydrogen-bond donors (Lipinski definition) is 1. The van der Waals surface area contributed by atoms with Crippen LogP contribution in [0.2, 0.25) is 0 Å². The Hall–Kier alpha value is -2.17. The summed E-state index contributed by atoms with van der Waals surface area (Å²) < 4.78 is 1.49. The topological polar surface area (TPSA) is 63.0 Å². The number of fused-ring (bicyclic) bond motifs is 3. The van der Waals surface area contributed by atoms with Gasteiger partial charge in [0.1, 0.15) is 11.8 Å². The second-order valence-corrected chi connectivity index (χ2v) is 3.00. The van der Waals surface area contributed by atoms with Crippen LogP contribution < -0.4 is 5.56 Å². The Bertz CT molecular complexity index is 667. The minimum absolute atomic E-state index is 0.221. The fraction of sp³-hybridized carbons (Fsp3) is 0. The van der Waals surface area contributed by atoms with Crippen LogP contribution in [-0.2, 0) is 0 Å². The van der Waals surface area contributed by atoms with Crippen molar-refractivity contribution in [1.29, 1.82) is 0 Å². The number of nitrogens with one attached hydrogen (secondary N) is 1. The van der Waals surface area contributed by atoms with E-state index in [4.69, 9.17) is 0 Å². The van der Waals surface area contributed by atoms with Crippen LogP contribution in [0.5, 0.6) is 0 Å². The van der Waals surface area contributed by atoms with Crippen LogP contribution in [-0.4, -0.2) is 19.8 Å². The Balaban J connectivity index is 2.73. The lowest BCUT2D eigenvalue weighted by Crippen LogP contribution is -2.10. The van der Waals surface area contributed by atoms with Gasteiger partial charge < -0.3 is 0 Å². The minimum atomic E-state index is -0.221. The summed E-state index contributed by atoms with van der Waals surface area (Å²) in [5, 5.41) is 11.1. The van der Waals surface area contributed by atoms with Gasteiger partial charge in [-0.25, -0.2) is 9.61 Å². The number of aromatic nitrogens is 4. The summed E-state index contributed by atoms with van der Waals surface area (Å²) in [6, 6.07) is 7.49. The molecule has 68 valence electrons. The third-order valence-electron chi connectivity index (χ3n) is 2.15. The first-order chi connectivity index (χ1) is 6.86. The lowest BCUT2D eigenvalue weighted by atomic mass is 10.2. The number of hydrogen-bond acceptors (Lipinski definition) is 3. The molecule has 0 saturated carbocycles. The van der Waals surface area contributed by atoms with Gasteiger partial charge in [-0.3, -0.25) is 4.79 Å². The number of rotatable bonds is 0. The summed E-state index contributed by atoms with van der Waals surface area (Å²) in [5.41, 5.74) is 1.11. The third kappa shape index (κ3) is 0.806. The van der Waals surface area contributed by atoms with Gasteiger partial charge in [0.15, 0.2) is 0 Å². The number of aromatic amines is 1. The molecule has 0 bridgehead atoms. The van der Waals surface area contributed by atoms with Gasteiger partial charge >= 0.3 is 0 Å². The smallest absolute Gasteiger partial charge is 0.266 e. The van der Waals surface area contributed by atoms with Crippen LogP contribution in [0.4, 0.5) is 0 Å². The number of H-pyrrole nitrogens is 1. The van der Waals surface area contributed by atoms with E-state index >= 15 is 0 Å². The zero-order valence-corrected chi connectivity index (χ0v) is 7.14. The van der Waals surface area contributed by atoms with Crippen molar-refractivity contribution in [3.8, 4) is 0 Å². The van der Waals surface area contributed by atoms with Crippen LogP contribution in [0.15, 0.2) is 35.4 Å². The van der Waals surface area contributed by atoms with E-state index < -0.39 is 0 Å². The molecule has 0 aliphatic rings. The van der Waals surface area contributed by atoms with Crippen molar-refractivity contribution in [2.45, 2.75) is 0 Å². The molecule has 0 spiro atoms. The molecule has 0 aliphatic heterocycles. The van der Waals surface area contributed by atoms with Gasteiger partial charge in [0, 0.05) is 5.39 Å². The minimum Gasteiger partial charge on any atom is -0.266 e. The Labute approximate surface area is 78.0 Å². The first-order valence-electron chi connectivity index (χ1n) is 4.17. The summed E-state index contributed by atoms with van der Waals surface area (Å²) >= 11 is 0. The van der Waals surface area contributed by atoms with Crippen LogP contribution in [0.25, 0.3) is 16.4 Å². The molecule has 5 nitrogen and oxygen atoms in total. The van der Waals surface area contributed by atoms with Gasteiger partial charge in [0.25, 0.3) is 5.56 Å². The Kier molecular flexibility index (Phi) is 1.25. The molecule has 3 rings (SSSR count). The van der Waals surface area contributed by atoms with Crippen molar-refractivity contribution in [3.63, 3.8) is 0 Å². The molecule has 2 heterocycles. The van der Waals surface area contributed by atoms with Gasteiger partial charge in [-0.05, 0) is 6.07 Å². The zero-order valence-electron chi connectivity index (χ0n) is 7.14. The summed E-state index contributed by atoms with van der Waals surface area (Å²) in [4.78, 5) is 11.5. The Morgan fingerprint density at radius 2 is 2.14 bits per heavy atom. The predicted octanol–water partition coefficient (Wildman–Crippen LogP) is 0.571. The molecule has 0 aliphatic carbocycles. The van der Waals surface area contributed by atoms with E-state index in [2.05, 4.69) is 15.3 Å². The van der Waals surface area contributed by atoms with Crippen molar-refractivity contribution < 1.29 is 0 Å². The second-order valence-electron chi connectivity index (χ2n) is 3.00. The van der Waals surface area contributed by atoms with Crippen molar-refractivity contribution in [1.82, 2.24) is 19.8 Å². The number of nitrogens with zero attached hydrogens (tertiary/aromatic N) is 3. The SMILES string of the molecule is O=c1[nH]ncn2nc3ccccc3c12. The van der Waals surface area contributed by atoms with Crippen LogP contribution in [0.1, 0.15) is 0 Å². The zero-order chi connectivity index (χ0) is 9.54. The fourth-order valence-electron chi connectivity index (χ4n) is 1.56. The van der Waals surface area contributed by atoms with E-state index in [-0.39, 0.29) is 5.56 Å². The van der Waals surface area contributed by atoms with E-state index in [0.29, 0.717) is 5.52 Å². The lowest BCUT2D eigenvalue weighted by molar-refractivity contribution is 0.854. The highest BCUT2D eigenvalue weighted by Gasteiger charge is 2.06. The van der Waals surface area contributed by atoms with E-state index in [1.165, 1.54) is 10.8 Å². The highest BCUT2D eigenvalue weighted by atomic mass is 16.1. The molecule has 0 radical (unpaired) electrons. The second kappa shape index (κ2) is 2.41. The summed E-state index contributed by atoms with van der Waals surface area (Å²) in [6.45, 7) is 0. The summed E-state index contributed by atoms with van der Waals surface area (Å²) in [6.07, 6.45) is 1.48. The predicted molar refractivity (Wildman–Crippen MR) is 51.1 cm³/mol. The fourth-order valence-corrected chi connectivity index (χ4v) is 1.56. The molecule has 1 aromatic carbocycles. The quantitative estimate of drug-likeness (QED) is 0.558. The van der Waals surface area contributed by atoms with Gasteiger partial charge in [-0.15, -0.1) is 0 Å². The van der Waals surface area contributed by atoms with Gasteiger partial charge in [-0.2, -0.15) is 10.2 Å². The first kappa shape index (κ1) is 7.25. The van der Waals surface area contributed by atoms with Crippen LogP contribution in [0.3, 0.4) is 0 Å². The maximum Gasteiger partial charge on any atom is 0.290 e. The highest BCUT2D eigenvalue weighted by Crippen LogP contribution is 2.14. The van der Waals surface area contributed by atoms with Crippen molar-refractivity contribution in [2.75, 3.05) is 0 Å². The molecule has 2 aromatic heterocycles. The van der Waals surface area contributed by atoms with Gasteiger partial charge in [0.05, 0.1) is 5.52 Å². The molecule has 0 amide bonds. The summed E-state index contributed by atoms with van der Waals surface area (Å²) in [5.74, 6) is 0. The van der Waals surface area contributed by atoms with Crippen molar-refractivity contribution >= 4 is 16.4 Å². The van der Waals surface area contributed by atoms with Crippen LogP contribution in [0, 0.1) is 0 Å². The van der Waals surface area contributed by atoms with Crippen LogP contribution >= 0.6 is 0 Å². The average Bonchev–Trinajstić information content (AvgIpc) is 2.57. The molecule has 5 heteroatoms. The molecule has 0 atom stereocenters. The maximum atomic E-state index is 11.5. The number of benzene rings is 1. The van der Waals surface area contributed by atoms with Crippen molar-refractivity contribution in [2.24, 2.45) is 0 Å². The van der Waals surface area contributed by atoms with E-state index in [1.807, 2.05) is 24.3 Å². The molecule has 0 saturated heterocycles. The third-order valence-corrected chi connectivity index (χ3v) is 2.15. The highest BCUT2D eigenvalue weighted by molar-refractivity contribution is 5.93.